The molecule has 0 spiro atoms. The molecule has 1 N–H and O–H groups in total. The predicted octanol–water partition coefficient (Wildman–Crippen LogP) is 3.66. The lowest BCUT2D eigenvalue weighted by molar-refractivity contribution is -0.384. The Morgan fingerprint density at radius 1 is 1.14 bits per heavy atom. The van der Waals surface area contributed by atoms with Crippen molar-refractivity contribution in [2.24, 2.45) is 0 Å². The molecule has 1 amide bonds. The Morgan fingerprint density at radius 2 is 1.76 bits per heavy atom. The summed E-state index contributed by atoms with van der Waals surface area (Å²) >= 11 is 1.23. The van der Waals surface area contributed by atoms with Crippen molar-refractivity contribution < 1.29 is 18.1 Å². The number of thioether (sulfide) groups is 1. The monoisotopic (exact) mass is 437 g/mol. The number of aryl methyl sites for hydroxylation is 1. The van der Waals surface area contributed by atoms with Gasteiger partial charge in [-0.15, -0.1) is 11.8 Å². The van der Waals surface area contributed by atoms with Gasteiger partial charge < -0.3 is 5.32 Å². The van der Waals surface area contributed by atoms with Crippen molar-refractivity contribution >= 4 is 39.1 Å². The Bertz CT molecular complexity index is 987. The smallest absolute Gasteiger partial charge is 0.269 e. The molecule has 10 heteroatoms. The zero-order chi connectivity index (χ0) is 21.6. The molecule has 0 aliphatic heterocycles. The van der Waals surface area contributed by atoms with Crippen LogP contribution >= 0.6 is 11.8 Å². The third-order valence-corrected chi connectivity index (χ3v) is 7.42. The molecule has 0 aliphatic carbocycles. The lowest BCUT2D eigenvalue weighted by atomic mass is 10.2. The van der Waals surface area contributed by atoms with Crippen LogP contribution in [0.5, 0.6) is 0 Å². The highest BCUT2D eigenvalue weighted by Gasteiger charge is 2.24. The molecule has 2 aromatic carbocycles. The second-order valence-electron chi connectivity index (χ2n) is 6.16. The average Bonchev–Trinajstić information content (AvgIpc) is 2.68. The Hall–Kier alpha value is -2.43. The van der Waals surface area contributed by atoms with Crippen LogP contribution in [-0.4, -0.2) is 42.4 Å². The summed E-state index contributed by atoms with van der Waals surface area (Å²) in [6.45, 7) is 5.99. The number of benzene rings is 2. The van der Waals surface area contributed by atoms with Crippen molar-refractivity contribution in [3.63, 3.8) is 0 Å². The highest BCUT2D eigenvalue weighted by Crippen LogP contribution is 2.25. The highest BCUT2D eigenvalue weighted by molar-refractivity contribution is 8.00. The molecule has 8 nitrogen and oxygen atoms in total. The first-order valence-electron chi connectivity index (χ1n) is 8.97. The second kappa shape index (κ2) is 9.86. The number of carbonyl (C=O) groups excluding carboxylic acids is 1. The van der Waals surface area contributed by atoms with Crippen molar-refractivity contribution in [1.82, 2.24) is 4.31 Å². The summed E-state index contributed by atoms with van der Waals surface area (Å²) in [4.78, 5) is 23.3. The number of carbonyl (C=O) groups is 1. The van der Waals surface area contributed by atoms with E-state index >= 15 is 0 Å². The van der Waals surface area contributed by atoms with E-state index < -0.39 is 14.9 Å². The lowest BCUT2D eigenvalue weighted by Gasteiger charge is -2.20. The first-order valence-corrected chi connectivity index (χ1v) is 11.4. The van der Waals surface area contributed by atoms with Gasteiger partial charge in [0.2, 0.25) is 15.9 Å². The quantitative estimate of drug-likeness (QED) is 0.364. The van der Waals surface area contributed by atoms with Gasteiger partial charge in [-0.05, 0) is 36.8 Å². The molecular formula is C19H23N3O5S2. The molecule has 156 valence electrons. The van der Waals surface area contributed by atoms with Crippen LogP contribution in [0.4, 0.5) is 11.4 Å². The van der Waals surface area contributed by atoms with Crippen molar-refractivity contribution in [2.75, 3.05) is 24.2 Å². The topological polar surface area (TPSA) is 110 Å². The molecule has 0 unspecified atom stereocenters. The molecule has 0 saturated carbocycles. The van der Waals surface area contributed by atoms with Crippen LogP contribution in [0, 0.1) is 17.0 Å². The number of non-ortho nitro benzene ring substituents is 1. The van der Waals surface area contributed by atoms with E-state index in [4.69, 9.17) is 0 Å². The molecule has 0 saturated heterocycles. The highest BCUT2D eigenvalue weighted by atomic mass is 32.2. The number of hydrogen-bond acceptors (Lipinski definition) is 6. The van der Waals surface area contributed by atoms with Gasteiger partial charge in [0.25, 0.3) is 5.69 Å². The van der Waals surface area contributed by atoms with Crippen molar-refractivity contribution in [3.8, 4) is 0 Å². The molecule has 0 radical (unpaired) electrons. The number of hydrogen-bond donors (Lipinski definition) is 1. The molecule has 2 aromatic rings. The van der Waals surface area contributed by atoms with Crippen LogP contribution < -0.4 is 5.32 Å². The number of sulfonamides is 1. The Labute approximate surface area is 174 Å². The molecule has 29 heavy (non-hydrogen) atoms. The van der Waals surface area contributed by atoms with E-state index in [1.54, 1.807) is 45.0 Å². The largest absolute Gasteiger partial charge is 0.325 e. The first-order chi connectivity index (χ1) is 13.7. The van der Waals surface area contributed by atoms with E-state index in [1.165, 1.54) is 34.3 Å². The fourth-order valence-electron chi connectivity index (χ4n) is 2.67. The van der Waals surface area contributed by atoms with Crippen LogP contribution in [0.2, 0.25) is 0 Å². The van der Waals surface area contributed by atoms with Crippen LogP contribution in [0.3, 0.4) is 0 Å². The van der Waals surface area contributed by atoms with E-state index in [-0.39, 0.29) is 22.2 Å². The minimum atomic E-state index is -3.63. The number of anilines is 1. The fourth-order valence-corrected chi connectivity index (χ4v) is 5.08. The number of nitro benzene ring substituents is 1. The van der Waals surface area contributed by atoms with Gasteiger partial charge in [0.15, 0.2) is 0 Å². The second-order valence-corrected chi connectivity index (χ2v) is 9.11. The van der Waals surface area contributed by atoms with Gasteiger partial charge >= 0.3 is 0 Å². The maximum absolute atomic E-state index is 12.8. The molecule has 0 atom stereocenters. The predicted molar refractivity (Wildman–Crippen MR) is 114 cm³/mol. The summed E-state index contributed by atoms with van der Waals surface area (Å²) in [5, 5.41) is 13.4. The average molecular weight is 438 g/mol. The molecule has 0 aliphatic rings. The summed E-state index contributed by atoms with van der Waals surface area (Å²) in [5.41, 5.74) is 0.992. The number of nitrogens with one attached hydrogen (secondary N) is 1. The number of nitrogens with zero attached hydrogens (tertiary/aromatic N) is 2. The normalized spacial score (nSPS) is 11.4. The van der Waals surface area contributed by atoms with Gasteiger partial charge in [-0.3, -0.25) is 14.9 Å². The third-order valence-electron chi connectivity index (χ3n) is 4.21. The van der Waals surface area contributed by atoms with E-state index in [1.807, 2.05) is 0 Å². The Kier molecular flexibility index (Phi) is 7.77. The van der Waals surface area contributed by atoms with E-state index in [9.17, 15) is 23.3 Å². The summed E-state index contributed by atoms with van der Waals surface area (Å²) in [5.74, 6) is -0.215. The van der Waals surface area contributed by atoms with Crippen molar-refractivity contribution in [3.05, 3.63) is 58.1 Å². The van der Waals surface area contributed by atoms with Gasteiger partial charge in [-0.25, -0.2) is 8.42 Å². The summed E-state index contributed by atoms with van der Waals surface area (Å²) in [7, 11) is -3.63. The molecule has 0 fully saturated rings. The van der Waals surface area contributed by atoms with Crippen LogP contribution in [0.1, 0.15) is 19.4 Å². The van der Waals surface area contributed by atoms with E-state index in [2.05, 4.69) is 5.32 Å². The minimum Gasteiger partial charge on any atom is -0.325 e. The van der Waals surface area contributed by atoms with Gasteiger partial charge in [0.05, 0.1) is 15.6 Å². The zero-order valence-electron chi connectivity index (χ0n) is 16.4. The standard InChI is InChI=1S/C19H23N3O5S2/c1-4-21(5-2)29(26,27)18-12-15(7-6-14(18)3)20-19(23)13-28-17-10-8-16(9-11-17)22(24)25/h6-12H,4-5,13H2,1-3H3,(H,20,23). The first kappa shape index (κ1) is 22.9. The Balaban J connectivity index is 2.08. The molecule has 0 heterocycles. The number of rotatable bonds is 9. The minimum absolute atomic E-state index is 0.0135. The molecule has 0 bridgehead atoms. The number of amides is 1. The van der Waals surface area contributed by atoms with Crippen molar-refractivity contribution in [1.29, 1.82) is 0 Å². The van der Waals surface area contributed by atoms with Crippen molar-refractivity contribution in [2.45, 2.75) is 30.6 Å². The van der Waals surface area contributed by atoms with E-state index in [0.29, 0.717) is 24.3 Å². The van der Waals surface area contributed by atoms with Gasteiger partial charge in [-0.2, -0.15) is 4.31 Å². The van der Waals surface area contributed by atoms with Gasteiger partial charge in [0, 0.05) is 35.8 Å². The summed E-state index contributed by atoms with van der Waals surface area (Å²) < 4.78 is 27.0. The maximum Gasteiger partial charge on any atom is 0.269 e. The van der Waals surface area contributed by atoms with Gasteiger partial charge in [0.1, 0.15) is 0 Å². The molecule has 2 rings (SSSR count). The zero-order valence-corrected chi connectivity index (χ0v) is 18.0. The fraction of sp³-hybridized carbons (Fsp3) is 0.316. The van der Waals surface area contributed by atoms with Crippen LogP contribution in [-0.2, 0) is 14.8 Å². The molecular weight excluding hydrogens is 414 g/mol. The number of nitro groups is 1. The van der Waals surface area contributed by atoms with Crippen LogP contribution in [0.25, 0.3) is 0 Å². The maximum atomic E-state index is 12.8. The molecule has 0 aromatic heterocycles. The van der Waals surface area contributed by atoms with Crippen LogP contribution in [0.15, 0.2) is 52.3 Å². The lowest BCUT2D eigenvalue weighted by Crippen LogP contribution is -2.31. The summed E-state index contributed by atoms with van der Waals surface area (Å²) in [6, 6.07) is 10.7. The summed E-state index contributed by atoms with van der Waals surface area (Å²) in [6.07, 6.45) is 0. The van der Waals surface area contributed by atoms with E-state index in [0.717, 1.165) is 4.90 Å². The SMILES string of the molecule is CCN(CC)S(=O)(=O)c1cc(NC(=O)CSc2ccc([N+](=O)[O-])cc2)ccc1C. The Morgan fingerprint density at radius 3 is 2.31 bits per heavy atom. The third kappa shape index (κ3) is 5.78. The van der Waals surface area contributed by atoms with Gasteiger partial charge in [-0.1, -0.05) is 19.9 Å².